The van der Waals surface area contributed by atoms with Crippen molar-refractivity contribution in [1.29, 1.82) is 0 Å². The fourth-order valence-electron chi connectivity index (χ4n) is 0.684. The minimum atomic E-state index is 0.0518. The Kier molecular flexibility index (Phi) is 5.78. The maximum atomic E-state index is 10.9. The van der Waals surface area contributed by atoms with Crippen molar-refractivity contribution < 1.29 is 4.79 Å². The molecule has 0 spiro atoms. The number of nitrogens with one attached hydrogen (secondary N) is 2. The number of carbonyl (C=O) groups excluding carboxylic acids is 1. The summed E-state index contributed by atoms with van der Waals surface area (Å²) < 4.78 is 0. The first kappa shape index (κ1) is 10.4. The van der Waals surface area contributed by atoms with Gasteiger partial charge in [0, 0.05) is 27.1 Å². The zero-order valence-corrected chi connectivity index (χ0v) is 7.48. The van der Waals surface area contributed by atoms with Crippen LogP contribution in [0.5, 0.6) is 0 Å². The van der Waals surface area contributed by atoms with Crippen LogP contribution in [0.15, 0.2) is 0 Å². The molecule has 0 saturated carbocycles. The van der Waals surface area contributed by atoms with Crippen molar-refractivity contribution in [1.82, 2.24) is 15.8 Å². The van der Waals surface area contributed by atoms with E-state index in [1.54, 1.807) is 19.1 Å². The molecule has 0 aromatic heterocycles. The van der Waals surface area contributed by atoms with Gasteiger partial charge in [0.05, 0.1) is 0 Å². The molecule has 0 fully saturated rings. The molecule has 0 bridgehead atoms. The van der Waals surface area contributed by atoms with Crippen molar-refractivity contribution in [2.75, 3.05) is 27.2 Å². The fraction of sp³-hybridized carbons (Fsp3) is 0.857. The van der Waals surface area contributed by atoms with Gasteiger partial charge in [0.15, 0.2) is 0 Å². The van der Waals surface area contributed by atoms with E-state index < -0.39 is 0 Å². The Morgan fingerprint density at radius 3 is 2.55 bits per heavy atom. The number of hydrogen-bond acceptors (Lipinski definition) is 3. The Labute approximate surface area is 67.9 Å². The highest BCUT2D eigenvalue weighted by atomic mass is 16.2. The van der Waals surface area contributed by atoms with Crippen LogP contribution in [0.4, 0.5) is 0 Å². The number of carbonyl (C=O) groups is 1. The van der Waals surface area contributed by atoms with Crippen LogP contribution >= 0.6 is 0 Å². The minimum Gasteiger partial charge on any atom is -0.316 e. The molecule has 2 N–H and O–H groups in total. The molecule has 0 aliphatic carbocycles. The second-order valence-electron chi connectivity index (χ2n) is 2.53. The average molecular weight is 159 g/mol. The van der Waals surface area contributed by atoms with Crippen LogP contribution < -0.4 is 10.7 Å². The monoisotopic (exact) mass is 159 g/mol. The van der Waals surface area contributed by atoms with Gasteiger partial charge >= 0.3 is 0 Å². The molecule has 66 valence electrons. The van der Waals surface area contributed by atoms with Crippen molar-refractivity contribution in [3.8, 4) is 0 Å². The summed E-state index contributed by atoms with van der Waals surface area (Å²) in [5.74, 6) is 0.0518. The molecule has 0 saturated heterocycles. The smallest absolute Gasteiger partial charge is 0.235 e. The number of amides is 1. The van der Waals surface area contributed by atoms with Gasteiger partial charge in [-0.3, -0.25) is 10.2 Å². The molecular formula is C7H17N3O. The lowest BCUT2D eigenvalue weighted by Crippen LogP contribution is -2.37. The van der Waals surface area contributed by atoms with Gasteiger partial charge in [-0.05, 0) is 6.54 Å². The average Bonchev–Trinajstić information content (AvgIpc) is 1.86. The van der Waals surface area contributed by atoms with Crippen molar-refractivity contribution in [2.24, 2.45) is 0 Å². The van der Waals surface area contributed by atoms with E-state index in [0.717, 1.165) is 13.1 Å². The first-order valence-electron chi connectivity index (χ1n) is 3.84. The third-order valence-electron chi connectivity index (χ3n) is 1.13. The van der Waals surface area contributed by atoms with Crippen LogP contribution in [0.1, 0.15) is 13.3 Å². The van der Waals surface area contributed by atoms with Crippen molar-refractivity contribution in [2.45, 2.75) is 13.3 Å². The maximum Gasteiger partial charge on any atom is 0.235 e. The van der Waals surface area contributed by atoms with Gasteiger partial charge in [0.25, 0.3) is 0 Å². The largest absolute Gasteiger partial charge is 0.316 e. The van der Waals surface area contributed by atoms with Crippen molar-refractivity contribution >= 4 is 5.91 Å². The van der Waals surface area contributed by atoms with Gasteiger partial charge in [-0.2, -0.15) is 0 Å². The third kappa shape index (κ3) is 7.29. The predicted molar refractivity (Wildman–Crippen MR) is 45.0 cm³/mol. The summed E-state index contributed by atoms with van der Waals surface area (Å²) in [7, 11) is 3.59. The molecule has 1 amide bonds. The molecular weight excluding hydrogens is 142 g/mol. The van der Waals surface area contributed by atoms with E-state index in [9.17, 15) is 4.79 Å². The lowest BCUT2D eigenvalue weighted by atomic mass is 10.4. The molecule has 0 atom stereocenters. The Hall–Kier alpha value is -0.610. The quantitative estimate of drug-likeness (QED) is 0.423. The van der Waals surface area contributed by atoms with E-state index in [1.165, 1.54) is 0 Å². The summed E-state index contributed by atoms with van der Waals surface area (Å²) in [5, 5.41) is 4.72. The highest BCUT2D eigenvalue weighted by Gasteiger charge is 1.99. The lowest BCUT2D eigenvalue weighted by molar-refractivity contribution is -0.124. The molecule has 0 heterocycles. The summed E-state index contributed by atoms with van der Waals surface area (Å²) in [6.07, 6.45) is 0.534. The van der Waals surface area contributed by atoms with E-state index in [1.807, 2.05) is 6.92 Å². The van der Waals surface area contributed by atoms with E-state index in [2.05, 4.69) is 10.7 Å². The van der Waals surface area contributed by atoms with Gasteiger partial charge in [0.1, 0.15) is 0 Å². The highest BCUT2D eigenvalue weighted by Crippen LogP contribution is 1.77. The Balaban J connectivity index is 3.23. The second kappa shape index (κ2) is 6.12. The van der Waals surface area contributed by atoms with Crippen LogP contribution in [-0.4, -0.2) is 38.1 Å². The summed E-state index contributed by atoms with van der Waals surface area (Å²) in [6, 6.07) is 0. The molecule has 0 radical (unpaired) electrons. The third-order valence-corrected chi connectivity index (χ3v) is 1.13. The predicted octanol–water partition coefficient (Wildman–Crippen LogP) is -0.421. The molecule has 0 aliphatic rings. The standard InChI is InChI=1S/C7H17N3O/c1-4-8-6-5-7(11)9-10(2)3/h8H,4-6H2,1-3H3,(H,9,11). The number of rotatable bonds is 5. The van der Waals surface area contributed by atoms with Crippen LogP contribution in [0, 0.1) is 0 Å². The van der Waals surface area contributed by atoms with Crippen molar-refractivity contribution in [3.63, 3.8) is 0 Å². The van der Waals surface area contributed by atoms with Gasteiger partial charge in [-0.1, -0.05) is 6.92 Å². The summed E-state index contributed by atoms with van der Waals surface area (Å²) in [5.41, 5.74) is 2.66. The molecule has 4 nitrogen and oxygen atoms in total. The van der Waals surface area contributed by atoms with Gasteiger partial charge in [-0.15, -0.1) is 0 Å². The fourth-order valence-corrected chi connectivity index (χ4v) is 0.684. The summed E-state index contributed by atoms with van der Waals surface area (Å²) in [4.78, 5) is 10.9. The van der Waals surface area contributed by atoms with Crippen LogP contribution in [-0.2, 0) is 4.79 Å². The summed E-state index contributed by atoms with van der Waals surface area (Å²) >= 11 is 0. The van der Waals surface area contributed by atoms with Gasteiger partial charge < -0.3 is 5.32 Å². The Morgan fingerprint density at radius 2 is 2.09 bits per heavy atom. The summed E-state index contributed by atoms with van der Waals surface area (Å²) in [6.45, 7) is 3.68. The first-order valence-corrected chi connectivity index (χ1v) is 3.84. The zero-order chi connectivity index (χ0) is 8.69. The Morgan fingerprint density at radius 1 is 1.45 bits per heavy atom. The number of hydrogen-bond donors (Lipinski definition) is 2. The van der Waals surface area contributed by atoms with E-state index in [4.69, 9.17) is 0 Å². The molecule has 0 aliphatic heterocycles. The lowest BCUT2D eigenvalue weighted by Gasteiger charge is -2.11. The molecule has 11 heavy (non-hydrogen) atoms. The normalized spacial score (nSPS) is 10.2. The molecule has 0 rings (SSSR count). The van der Waals surface area contributed by atoms with E-state index >= 15 is 0 Å². The SMILES string of the molecule is CCNCCC(=O)NN(C)C. The first-order chi connectivity index (χ1) is 5.16. The number of nitrogens with zero attached hydrogens (tertiary/aromatic N) is 1. The molecule has 0 aromatic rings. The van der Waals surface area contributed by atoms with Crippen LogP contribution in [0.2, 0.25) is 0 Å². The topological polar surface area (TPSA) is 44.4 Å². The van der Waals surface area contributed by atoms with Crippen LogP contribution in [0.3, 0.4) is 0 Å². The highest BCUT2D eigenvalue weighted by molar-refractivity contribution is 5.75. The maximum absolute atomic E-state index is 10.9. The van der Waals surface area contributed by atoms with Gasteiger partial charge in [-0.25, -0.2) is 5.01 Å². The van der Waals surface area contributed by atoms with Crippen molar-refractivity contribution in [3.05, 3.63) is 0 Å². The van der Waals surface area contributed by atoms with Crippen LogP contribution in [0.25, 0.3) is 0 Å². The number of hydrazine groups is 1. The van der Waals surface area contributed by atoms with E-state index in [-0.39, 0.29) is 5.91 Å². The second-order valence-corrected chi connectivity index (χ2v) is 2.53. The van der Waals surface area contributed by atoms with Gasteiger partial charge in [0.2, 0.25) is 5.91 Å². The molecule has 0 unspecified atom stereocenters. The minimum absolute atomic E-state index is 0.0518. The molecule has 0 aromatic carbocycles. The zero-order valence-electron chi connectivity index (χ0n) is 7.48. The molecule has 4 heteroatoms. The Bertz CT molecular complexity index is 114. The van der Waals surface area contributed by atoms with E-state index in [0.29, 0.717) is 6.42 Å².